The van der Waals surface area contributed by atoms with Crippen LogP contribution in [0.3, 0.4) is 0 Å². The van der Waals surface area contributed by atoms with E-state index in [2.05, 4.69) is 20.8 Å². The van der Waals surface area contributed by atoms with E-state index >= 15 is 0 Å². The van der Waals surface area contributed by atoms with Crippen LogP contribution in [0.4, 0.5) is 20.2 Å². The van der Waals surface area contributed by atoms with E-state index in [4.69, 9.17) is 0 Å². The molecule has 0 aliphatic rings. The fourth-order valence-corrected chi connectivity index (χ4v) is 3.43. The number of nitrogens with zero attached hydrogens (tertiary/aromatic N) is 3. The number of hydrogen-bond acceptors (Lipinski definition) is 5. The van der Waals surface area contributed by atoms with Crippen molar-refractivity contribution in [3.05, 3.63) is 65.0 Å². The van der Waals surface area contributed by atoms with E-state index in [1.807, 2.05) is 32.0 Å². The van der Waals surface area contributed by atoms with Crippen LogP contribution in [0.2, 0.25) is 0 Å². The highest BCUT2D eigenvalue weighted by Gasteiger charge is 2.15. The number of thioether (sulfide) groups is 1. The maximum atomic E-state index is 13.6. The van der Waals surface area contributed by atoms with Crippen LogP contribution in [-0.4, -0.2) is 32.3 Å². The largest absolute Gasteiger partial charge is 0.326 e. The molecule has 0 atom stereocenters. The summed E-state index contributed by atoms with van der Waals surface area (Å²) in [5, 5.41) is 13.6. The predicted octanol–water partition coefficient (Wildman–Crippen LogP) is 3.62. The average Bonchev–Trinajstić information content (AvgIpc) is 3.05. The predicted molar refractivity (Wildman–Crippen MR) is 115 cm³/mol. The van der Waals surface area contributed by atoms with Crippen LogP contribution in [0.1, 0.15) is 17.0 Å². The second-order valence-electron chi connectivity index (χ2n) is 6.94. The van der Waals surface area contributed by atoms with Crippen molar-refractivity contribution in [2.75, 3.05) is 16.4 Å². The highest BCUT2D eigenvalue weighted by Crippen LogP contribution is 2.19. The van der Waals surface area contributed by atoms with E-state index < -0.39 is 17.5 Å². The van der Waals surface area contributed by atoms with Gasteiger partial charge in [0.15, 0.2) is 5.16 Å². The Kier molecular flexibility index (Phi) is 7.01. The molecule has 10 heteroatoms. The molecule has 0 aliphatic heterocycles. The molecular weight excluding hydrogens is 424 g/mol. The highest BCUT2D eigenvalue weighted by molar-refractivity contribution is 7.99. The third-order valence-electron chi connectivity index (χ3n) is 4.57. The molecule has 0 spiro atoms. The summed E-state index contributed by atoms with van der Waals surface area (Å²) in [6.45, 7) is 3.96. The Morgan fingerprint density at radius 3 is 2.52 bits per heavy atom. The van der Waals surface area contributed by atoms with Crippen LogP contribution in [0.15, 0.2) is 41.6 Å². The van der Waals surface area contributed by atoms with Gasteiger partial charge in [-0.2, -0.15) is 0 Å². The second-order valence-corrected chi connectivity index (χ2v) is 7.89. The summed E-state index contributed by atoms with van der Waals surface area (Å²) >= 11 is 1.07. The molecule has 0 saturated carbocycles. The summed E-state index contributed by atoms with van der Waals surface area (Å²) in [6.07, 6.45) is 0.0116. The normalized spacial score (nSPS) is 10.7. The van der Waals surface area contributed by atoms with Gasteiger partial charge in [-0.1, -0.05) is 17.8 Å². The third kappa shape index (κ3) is 5.88. The zero-order chi connectivity index (χ0) is 22.5. The molecule has 0 unspecified atom stereocenters. The number of benzene rings is 2. The third-order valence-corrected chi connectivity index (χ3v) is 5.59. The van der Waals surface area contributed by atoms with Crippen molar-refractivity contribution in [2.24, 2.45) is 7.05 Å². The van der Waals surface area contributed by atoms with Crippen molar-refractivity contribution >= 4 is 35.0 Å². The van der Waals surface area contributed by atoms with E-state index in [1.54, 1.807) is 11.6 Å². The first-order chi connectivity index (χ1) is 14.7. The van der Waals surface area contributed by atoms with Crippen molar-refractivity contribution in [3.63, 3.8) is 0 Å². The number of nitrogens with one attached hydrogen (secondary N) is 2. The molecule has 2 aromatic carbocycles. The number of rotatable bonds is 7. The van der Waals surface area contributed by atoms with Crippen LogP contribution < -0.4 is 10.6 Å². The molecule has 2 N–H and O–H groups in total. The van der Waals surface area contributed by atoms with E-state index in [0.717, 1.165) is 41.1 Å². The molecule has 31 heavy (non-hydrogen) atoms. The Hall–Kier alpha value is -3.27. The first kappa shape index (κ1) is 22.4. The number of aryl methyl sites for hydroxylation is 2. The lowest BCUT2D eigenvalue weighted by atomic mass is 10.1. The van der Waals surface area contributed by atoms with E-state index in [1.165, 1.54) is 0 Å². The Labute approximate surface area is 182 Å². The molecule has 3 aromatic rings. The van der Waals surface area contributed by atoms with Gasteiger partial charge >= 0.3 is 0 Å². The van der Waals surface area contributed by atoms with Gasteiger partial charge < -0.3 is 15.2 Å². The SMILES string of the molecule is Cc1ccc(NC(=O)Cc2nnc(SCC(=O)Nc3cc(F)ccc3F)n2C)cc1C. The lowest BCUT2D eigenvalue weighted by molar-refractivity contribution is -0.116. The highest BCUT2D eigenvalue weighted by atomic mass is 32.2. The lowest BCUT2D eigenvalue weighted by Gasteiger charge is -2.08. The molecule has 1 aromatic heterocycles. The standard InChI is InChI=1S/C21H21F2N5O2S/c1-12-4-6-15(8-13(12)2)24-19(29)10-18-26-27-21(28(18)3)31-11-20(30)25-17-9-14(22)5-7-16(17)23/h4-9H,10-11H2,1-3H3,(H,24,29)(H,25,30). The van der Waals surface area contributed by atoms with E-state index in [9.17, 15) is 18.4 Å². The number of hydrogen-bond donors (Lipinski definition) is 2. The molecule has 7 nitrogen and oxygen atoms in total. The quantitative estimate of drug-likeness (QED) is 0.543. The monoisotopic (exact) mass is 445 g/mol. The van der Waals surface area contributed by atoms with Crippen molar-refractivity contribution < 1.29 is 18.4 Å². The number of aromatic nitrogens is 3. The Morgan fingerprint density at radius 2 is 1.77 bits per heavy atom. The Bertz CT molecular complexity index is 1130. The topological polar surface area (TPSA) is 88.9 Å². The Balaban J connectivity index is 1.55. The molecule has 0 bridgehead atoms. The van der Waals surface area contributed by atoms with Gasteiger partial charge in [0.05, 0.1) is 17.9 Å². The van der Waals surface area contributed by atoms with E-state index in [0.29, 0.717) is 16.7 Å². The fraction of sp³-hybridized carbons (Fsp3) is 0.238. The molecule has 0 aliphatic carbocycles. The first-order valence-corrected chi connectivity index (χ1v) is 10.3. The van der Waals surface area contributed by atoms with Crippen LogP contribution >= 0.6 is 11.8 Å². The van der Waals surface area contributed by atoms with Crippen LogP contribution in [-0.2, 0) is 23.1 Å². The van der Waals surface area contributed by atoms with Crippen LogP contribution in [0.5, 0.6) is 0 Å². The van der Waals surface area contributed by atoms with Gasteiger partial charge in [-0.3, -0.25) is 9.59 Å². The summed E-state index contributed by atoms with van der Waals surface area (Å²) in [5.41, 5.74) is 2.68. The summed E-state index contributed by atoms with van der Waals surface area (Å²) in [4.78, 5) is 24.4. The number of halogens is 2. The second kappa shape index (κ2) is 9.69. The van der Waals surface area contributed by atoms with E-state index in [-0.39, 0.29) is 23.8 Å². The summed E-state index contributed by atoms with van der Waals surface area (Å²) in [6, 6.07) is 8.48. The molecule has 0 fully saturated rings. The van der Waals surface area contributed by atoms with Gasteiger partial charge in [0, 0.05) is 18.8 Å². The lowest BCUT2D eigenvalue weighted by Crippen LogP contribution is -2.17. The number of carbonyl (C=O) groups is 2. The molecule has 162 valence electrons. The van der Waals surface area contributed by atoms with Crippen LogP contribution in [0, 0.1) is 25.5 Å². The van der Waals surface area contributed by atoms with Gasteiger partial charge in [-0.25, -0.2) is 8.78 Å². The van der Waals surface area contributed by atoms with Crippen molar-refractivity contribution in [3.8, 4) is 0 Å². The molecule has 0 radical (unpaired) electrons. The van der Waals surface area contributed by atoms with Gasteiger partial charge in [0.25, 0.3) is 0 Å². The smallest absolute Gasteiger partial charge is 0.234 e. The molecule has 0 saturated heterocycles. The maximum absolute atomic E-state index is 13.6. The van der Waals surface area contributed by atoms with Gasteiger partial charge in [-0.15, -0.1) is 10.2 Å². The molecule has 3 rings (SSSR count). The number of carbonyl (C=O) groups excluding carboxylic acids is 2. The number of amides is 2. The Morgan fingerprint density at radius 1 is 1.00 bits per heavy atom. The molecular formula is C21H21F2N5O2S. The minimum atomic E-state index is -0.726. The zero-order valence-electron chi connectivity index (χ0n) is 17.2. The summed E-state index contributed by atoms with van der Waals surface area (Å²) < 4.78 is 28.4. The minimum Gasteiger partial charge on any atom is -0.326 e. The molecule has 1 heterocycles. The molecule has 2 amide bonds. The van der Waals surface area contributed by atoms with Crippen molar-refractivity contribution in [1.29, 1.82) is 0 Å². The summed E-state index contributed by atoms with van der Waals surface area (Å²) in [5.74, 6) is -1.80. The number of anilines is 2. The minimum absolute atomic E-state index is 0.0116. The van der Waals surface area contributed by atoms with Gasteiger partial charge in [0.2, 0.25) is 11.8 Å². The summed E-state index contributed by atoms with van der Waals surface area (Å²) in [7, 11) is 1.69. The van der Waals surface area contributed by atoms with Crippen LogP contribution in [0.25, 0.3) is 0 Å². The van der Waals surface area contributed by atoms with Crippen molar-refractivity contribution in [1.82, 2.24) is 14.8 Å². The maximum Gasteiger partial charge on any atom is 0.234 e. The van der Waals surface area contributed by atoms with Gasteiger partial charge in [-0.05, 0) is 49.2 Å². The van der Waals surface area contributed by atoms with Crippen molar-refractivity contribution in [2.45, 2.75) is 25.4 Å². The van der Waals surface area contributed by atoms with Gasteiger partial charge in [0.1, 0.15) is 17.5 Å². The fourth-order valence-electron chi connectivity index (χ4n) is 2.70. The first-order valence-electron chi connectivity index (χ1n) is 9.36. The average molecular weight is 445 g/mol. The zero-order valence-corrected chi connectivity index (χ0v) is 18.0.